The topological polar surface area (TPSA) is 44.8 Å². The zero-order valence-electron chi connectivity index (χ0n) is 12.0. The van der Waals surface area contributed by atoms with Gasteiger partial charge in [-0.3, -0.25) is 15.0 Å². The molecule has 0 atom stereocenters. The van der Waals surface area contributed by atoms with Crippen LogP contribution < -0.4 is 0 Å². The van der Waals surface area contributed by atoms with Crippen LogP contribution in [-0.2, 0) is 13.1 Å². The van der Waals surface area contributed by atoms with Gasteiger partial charge in [-0.15, -0.1) is 0 Å². The zero-order valence-corrected chi connectivity index (χ0v) is 12.0. The van der Waals surface area contributed by atoms with Crippen molar-refractivity contribution in [1.82, 2.24) is 20.1 Å². The van der Waals surface area contributed by atoms with Crippen LogP contribution in [0.5, 0.6) is 0 Å². The van der Waals surface area contributed by atoms with Crippen LogP contribution in [0.25, 0.3) is 11.3 Å². The minimum Gasteiger partial charge on any atom is -0.296 e. The quantitative estimate of drug-likeness (QED) is 0.780. The molecular formula is C17H18N4. The molecule has 0 aliphatic carbocycles. The van der Waals surface area contributed by atoms with Gasteiger partial charge in [0.2, 0.25) is 0 Å². The molecule has 0 saturated carbocycles. The number of nitrogens with zero attached hydrogens (tertiary/aromatic N) is 3. The Kier molecular flexibility index (Phi) is 4.07. The highest BCUT2D eigenvalue weighted by molar-refractivity contribution is 5.58. The van der Waals surface area contributed by atoms with Gasteiger partial charge in [0, 0.05) is 36.7 Å². The van der Waals surface area contributed by atoms with Crippen molar-refractivity contribution in [2.24, 2.45) is 0 Å². The molecule has 0 spiro atoms. The van der Waals surface area contributed by atoms with Crippen molar-refractivity contribution in [3.8, 4) is 11.3 Å². The van der Waals surface area contributed by atoms with E-state index in [-0.39, 0.29) is 0 Å². The molecule has 2 aromatic heterocycles. The fraction of sp³-hybridized carbons (Fsp3) is 0.176. The first-order valence-corrected chi connectivity index (χ1v) is 6.98. The standard InChI is InChI=1S/C17H18N4/c1-21(12-14-7-9-18-10-8-14)13-16-11-17(20-19-16)15-5-3-2-4-6-15/h2-11H,12-13H2,1H3,(H,19,20). The van der Waals surface area contributed by atoms with E-state index in [1.807, 2.05) is 42.7 Å². The van der Waals surface area contributed by atoms with Crippen LogP contribution in [0, 0.1) is 0 Å². The second-order valence-corrected chi connectivity index (χ2v) is 5.17. The van der Waals surface area contributed by atoms with Crippen molar-refractivity contribution in [3.63, 3.8) is 0 Å². The van der Waals surface area contributed by atoms with Gasteiger partial charge < -0.3 is 0 Å². The fourth-order valence-electron chi connectivity index (χ4n) is 2.35. The van der Waals surface area contributed by atoms with Crippen molar-refractivity contribution in [2.45, 2.75) is 13.1 Å². The summed E-state index contributed by atoms with van der Waals surface area (Å²) in [6.45, 7) is 1.73. The first kappa shape index (κ1) is 13.5. The highest BCUT2D eigenvalue weighted by Crippen LogP contribution is 2.17. The Labute approximate surface area is 124 Å². The Morgan fingerprint density at radius 1 is 1.00 bits per heavy atom. The molecule has 0 saturated heterocycles. The summed E-state index contributed by atoms with van der Waals surface area (Å²) in [6, 6.07) is 16.4. The third kappa shape index (κ3) is 3.55. The molecule has 1 aromatic carbocycles. The van der Waals surface area contributed by atoms with E-state index >= 15 is 0 Å². The lowest BCUT2D eigenvalue weighted by molar-refractivity contribution is 0.315. The van der Waals surface area contributed by atoms with Crippen LogP contribution in [-0.4, -0.2) is 27.1 Å². The second-order valence-electron chi connectivity index (χ2n) is 5.17. The third-order valence-corrected chi connectivity index (χ3v) is 3.34. The summed E-state index contributed by atoms with van der Waals surface area (Å²) < 4.78 is 0. The van der Waals surface area contributed by atoms with Crippen LogP contribution in [0.2, 0.25) is 0 Å². The summed E-state index contributed by atoms with van der Waals surface area (Å²) in [5.41, 5.74) is 4.50. The summed E-state index contributed by atoms with van der Waals surface area (Å²) in [7, 11) is 2.10. The van der Waals surface area contributed by atoms with Gasteiger partial charge in [0.05, 0.1) is 5.69 Å². The van der Waals surface area contributed by atoms with Crippen molar-refractivity contribution >= 4 is 0 Å². The van der Waals surface area contributed by atoms with Gasteiger partial charge in [0.25, 0.3) is 0 Å². The molecule has 3 rings (SSSR count). The van der Waals surface area contributed by atoms with E-state index < -0.39 is 0 Å². The molecule has 0 unspecified atom stereocenters. The van der Waals surface area contributed by atoms with Gasteiger partial charge in [0.1, 0.15) is 0 Å². The van der Waals surface area contributed by atoms with Gasteiger partial charge in [-0.2, -0.15) is 5.10 Å². The maximum absolute atomic E-state index is 4.38. The summed E-state index contributed by atoms with van der Waals surface area (Å²) in [4.78, 5) is 6.29. The Hall–Kier alpha value is -2.46. The highest BCUT2D eigenvalue weighted by atomic mass is 15.2. The number of aromatic nitrogens is 3. The first-order chi connectivity index (χ1) is 10.3. The molecule has 3 aromatic rings. The molecule has 21 heavy (non-hydrogen) atoms. The van der Waals surface area contributed by atoms with Gasteiger partial charge in [-0.25, -0.2) is 0 Å². The van der Waals surface area contributed by atoms with Crippen molar-refractivity contribution < 1.29 is 0 Å². The van der Waals surface area contributed by atoms with E-state index in [0.29, 0.717) is 0 Å². The summed E-state index contributed by atoms with van der Waals surface area (Å²) in [6.07, 6.45) is 3.65. The number of rotatable bonds is 5. The maximum Gasteiger partial charge on any atom is 0.0924 e. The zero-order chi connectivity index (χ0) is 14.5. The van der Waals surface area contributed by atoms with Crippen molar-refractivity contribution in [3.05, 3.63) is 72.2 Å². The van der Waals surface area contributed by atoms with E-state index in [1.165, 1.54) is 5.56 Å². The van der Waals surface area contributed by atoms with Crippen molar-refractivity contribution in [1.29, 1.82) is 0 Å². The summed E-state index contributed by atoms with van der Waals surface area (Å²) >= 11 is 0. The van der Waals surface area contributed by atoms with Crippen molar-refractivity contribution in [2.75, 3.05) is 7.05 Å². The Morgan fingerprint density at radius 2 is 1.76 bits per heavy atom. The minimum absolute atomic E-state index is 0.835. The van der Waals surface area contributed by atoms with E-state index in [9.17, 15) is 0 Å². The van der Waals surface area contributed by atoms with Crippen LogP contribution in [0.3, 0.4) is 0 Å². The van der Waals surface area contributed by atoms with E-state index in [4.69, 9.17) is 0 Å². The van der Waals surface area contributed by atoms with E-state index in [2.05, 4.69) is 45.3 Å². The number of H-pyrrole nitrogens is 1. The predicted octanol–water partition coefficient (Wildman–Crippen LogP) is 3.10. The normalized spacial score (nSPS) is 11.0. The lowest BCUT2D eigenvalue weighted by Crippen LogP contribution is -2.17. The monoisotopic (exact) mass is 278 g/mol. The highest BCUT2D eigenvalue weighted by Gasteiger charge is 2.06. The number of nitrogens with one attached hydrogen (secondary N) is 1. The Morgan fingerprint density at radius 3 is 2.52 bits per heavy atom. The molecular weight excluding hydrogens is 260 g/mol. The van der Waals surface area contributed by atoms with Gasteiger partial charge in [-0.1, -0.05) is 30.3 Å². The van der Waals surface area contributed by atoms with Gasteiger partial charge in [-0.05, 0) is 30.8 Å². The lowest BCUT2D eigenvalue weighted by Gasteiger charge is -2.15. The molecule has 0 aliphatic rings. The number of aromatic amines is 1. The molecule has 106 valence electrons. The van der Waals surface area contributed by atoms with Crippen LogP contribution in [0.1, 0.15) is 11.3 Å². The van der Waals surface area contributed by atoms with Crippen LogP contribution in [0.4, 0.5) is 0 Å². The number of benzene rings is 1. The average Bonchev–Trinajstić information content (AvgIpc) is 2.97. The first-order valence-electron chi connectivity index (χ1n) is 6.98. The third-order valence-electron chi connectivity index (χ3n) is 3.34. The number of pyridine rings is 1. The Bertz CT molecular complexity index is 676. The molecule has 0 radical (unpaired) electrons. The molecule has 1 N–H and O–H groups in total. The molecule has 0 bridgehead atoms. The molecule has 4 heteroatoms. The van der Waals surface area contributed by atoms with Crippen LogP contribution in [0.15, 0.2) is 60.9 Å². The van der Waals surface area contributed by atoms with Gasteiger partial charge in [0.15, 0.2) is 0 Å². The molecule has 2 heterocycles. The largest absolute Gasteiger partial charge is 0.296 e. The van der Waals surface area contributed by atoms with Gasteiger partial charge >= 0.3 is 0 Å². The Balaban J connectivity index is 1.65. The summed E-state index contributed by atoms with van der Waals surface area (Å²) in [5.74, 6) is 0. The van der Waals surface area contributed by atoms with E-state index in [0.717, 1.165) is 30.0 Å². The SMILES string of the molecule is CN(Cc1ccncc1)Cc1cc(-c2ccccc2)n[nH]1. The fourth-order valence-corrected chi connectivity index (χ4v) is 2.35. The average molecular weight is 278 g/mol. The second kappa shape index (κ2) is 6.33. The summed E-state index contributed by atoms with van der Waals surface area (Å²) in [5, 5.41) is 7.50. The van der Waals surface area contributed by atoms with E-state index in [1.54, 1.807) is 0 Å². The molecule has 0 aliphatic heterocycles. The molecule has 4 nitrogen and oxygen atoms in total. The minimum atomic E-state index is 0.835. The lowest BCUT2D eigenvalue weighted by atomic mass is 10.1. The predicted molar refractivity (Wildman–Crippen MR) is 83.4 cm³/mol. The number of hydrogen-bond donors (Lipinski definition) is 1. The smallest absolute Gasteiger partial charge is 0.0924 e. The number of hydrogen-bond acceptors (Lipinski definition) is 3. The van der Waals surface area contributed by atoms with Crippen LogP contribution >= 0.6 is 0 Å². The maximum atomic E-state index is 4.38. The molecule has 0 fully saturated rings. The molecule has 0 amide bonds.